The van der Waals surface area contributed by atoms with Crippen LogP contribution < -0.4 is 27.5 Å². The number of nitrogens with two attached hydrogens (primary N) is 2. The van der Waals surface area contributed by atoms with E-state index in [1.807, 2.05) is 0 Å². The Morgan fingerprint density at radius 2 is 1.48 bits per heavy atom. The van der Waals surface area contributed by atoms with Gasteiger partial charge in [0.1, 0.15) is 0 Å². The highest BCUT2D eigenvalue weighted by Gasteiger charge is 2.31. The first kappa shape index (κ1) is 19.8. The van der Waals surface area contributed by atoms with E-state index in [4.69, 9.17) is 11.6 Å². The van der Waals surface area contributed by atoms with E-state index in [-0.39, 0.29) is 17.1 Å². The lowest BCUT2D eigenvalue weighted by Gasteiger charge is -2.42. The van der Waals surface area contributed by atoms with Crippen LogP contribution >= 0.6 is 0 Å². The largest absolute Gasteiger partial charge is 0.361 e. The van der Waals surface area contributed by atoms with Gasteiger partial charge in [0.15, 0.2) is 0 Å². The first-order valence-electron chi connectivity index (χ1n) is 8.12. The molecule has 8 nitrogen and oxygen atoms in total. The van der Waals surface area contributed by atoms with Crippen LogP contribution in [0.1, 0.15) is 40.5 Å². The van der Waals surface area contributed by atoms with E-state index < -0.39 is 11.8 Å². The maximum atomic E-state index is 11.0. The highest BCUT2D eigenvalue weighted by molar-refractivity contribution is 6.34. The van der Waals surface area contributed by atoms with Gasteiger partial charge in [-0.1, -0.05) is 0 Å². The topological polar surface area (TPSA) is 126 Å². The van der Waals surface area contributed by atoms with Crippen molar-refractivity contribution >= 4 is 11.8 Å². The second-order valence-electron chi connectivity index (χ2n) is 7.55. The zero-order valence-corrected chi connectivity index (χ0v) is 14.7. The lowest BCUT2D eigenvalue weighted by molar-refractivity contribution is -0.146. The summed E-state index contributed by atoms with van der Waals surface area (Å²) in [5, 5.41) is 11.0. The number of hydrogen-bond donors (Lipinski definition) is 5. The van der Waals surface area contributed by atoms with Gasteiger partial charge in [0.05, 0.1) is 6.04 Å². The fraction of sp³-hybridized carbons (Fsp3) is 0.867. The van der Waals surface area contributed by atoms with Crippen molar-refractivity contribution in [2.45, 2.75) is 57.7 Å². The number of piperidine rings is 1. The zero-order valence-electron chi connectivity index (χ0n) is 14.7. The predicted octanol–water partition coefficient (Wildman–Crippen LogP) is -1.34. The second kappa shape index (κ2) is 8.05. The molecule has 0 saturated carbocycles. The average Bonchev–Trinajstić information content (AvgIpc) is 2.44. The summed E-state index contributed by atoms with van der Waals surface area (Å²) in [6.45, 7) is 12.6. The number of amides is 2. The predicted molar refractivity (Wildman–Crippen MR) is 90.3 cm³/mol. The van der Waals surface area contributed by atoms with Gasteiger partial charge in [-0.05, 0) is 53.6 Å². The first-order chi connectivity index (χ1) is 10.5. The molecule has 0 aliphatic carbocycles. The van der Waals surface area contributed by atoms with Gasteiger partial charge in [0.2, 0.25) is 0 Å². The number of carbonyl (C=O) groups excluding carboxylic acids is 2. The minimum atomic E-state index is -0.999. The molecule has 0 aromatic carbocycles. The van der Waals surface area contributed by atoms with Gasteiger partial charge in [0, 0.05) is 24.2 Å². The number of primary amides is 1. The molecule has 0 spiro atoms. The van der Waals surface area contributed by atoms with Gasteiger partial charge >= 0.3 is 11.8 Å². The second-order valence-corrected chi connectivity index (χ2v) is 7.55. The third kappa shape index (κ3) is 6.82. The highest BCUT2D eigenvalue weighted by atomic mass is 16.2. The Morgan fingerprint density at radius 1 is 1.00 bits per heavy atom. The Labute approximate surface area is 138 Å². The summed E-state index contributed by atoms with van der Waals surface area (Å²) in [5.41, 5.74) is 5.32. The Morgan fingerprint density at radius 3 is 1.83 bits per heavy atom. The van der Waals surface area contributed by atoms with E-state index >= 15 is 0 Å². The molecule has 2 aliphatic heterocycles. The van der Waals surface area contributed by atoms with Crippen LogP contribution in [0.3, 0.4) is 0 Å². The smallest absolute Gasteiger partial charge is 0.325 e. The number of rotatable bonds is 1. The van der Waals surface area contributed by atoms with E-state index in [2.05, 4.69) is 43.6 Å². The standard InChI is InChI=1S/C8H18N2.C7H14N4O2/c1-7(2)5-9-6-8(3,4)10-7;8-6(12)7(13)11(9)5-1-3-10-4-2-5/h9-10H,5-6H2,1-4H3;5,10H,1-4,9H2,(H2,8,12). The number of hydrazine groups is 1. The van der Waals surface area contributed by atoms with Crippen LogP contribution in [0.5, 0.6) is 0 Å². The van der Waals surface area contributed by atoms with Crippen molar-refractivity contribution in [2.24, 2.45) is 11.6 Å². The van der Waals surface area contributed by atoms with Gasteiger partial charge in [-0.15, -0.1) is 0 Å². The quantitative estimate of drug-likeness (QED) is 0.176. The van der Waals surface area contributed by atoms with Crippen LogP contribution in [0, 0.1) is 0 Å². The third-order valence-electron chi connectivity index (χ3n) is 3.96. The van der Waals surface area contributed by atoms with Crippen LogP contribution in [-0.2, 0) is 9.59 Å². The molecule has 0 bridgehead atoms. The maximum absolute atomic E-state index is 11.0. The van der Waals surface area contributed by atoms with Crippen LogP contribution in [0.2, 0.25) is 0 Å². The summed E-state index contributed by atoms with van der Waals surface area (Å²) in [7, 11) is 0. The number of carbonyl (C=O) groups is 2. The Hall–Kier alpha value is -1.22. The molecule has 2 fully saturated rings. The minimum absolute atomic E-state index is 0.0683. The van der Waals surface area contributed by atoms with Crippen molar-refractivity contribution in [1.82, 2.24) is 21.0 Å². The van der Waals surface area contributed by atoms with Crippen LogP contribution in [0.4, 0.5) is 0 Å². The van der Waals surface area contributed by atoms with Crippen molar-refractivity contribution in [3.63, 3.8) is 0 Å². The molecule has 0 aromatic heterocycles. The SMILES string of the molecule is CC1(C)CNCC(C)(C)N1.NC(=O)C(=O)N(N)C1CCNCC1. The van der Waals surface area contributed by atoms with Crippen molar-refractivity contribution in [2.75, 3.05) is 26.2 Å². The van der Waals surface area contributed by atoms with Crippen LogP contribution in [-0.4, -0.2) is 60.1 Å². The summed E-state index contributed by atoms with van der Waals surface area (Å²) >= 11 is 0. The van der Waals surface area contributed by atoms with E-state index in [0.717, 1.165) is 44.0 Å². The van der Waals surface area contributed by atoms with Crippen molar-refractivity contribution in [1.29, 1.82) is 0 Å². The third-order valence-corrected chi connectivity index (χ3v) is 3.96. The molecule has 2 saturated heterocycles. The first-order valence-corrected chi connectivity index (χ1v) is 8.12. The Kier molecular flexibility index (Phi) is 6.94. The lowest BCUT2D eigenvalue weighted by atomic mass is 9.93. The van der Waals surface area contributed by atoms with Gasteiger partial charge < -0.3 is 21.7 Å². The minimum Gasteiger partial charge on any atom is -0.361 e. The number of hydrogen-bond acceptors (Lipinski definition) is 6. The van der Waals surface area contributed by atoms with Crippen molar-refractivity contribution in [3.05, 3.63) is 0 Å². The molecular weight excluding hydrogens is 296 g/mol. The molecular formula is C15H32N6O2. The summed E-state index contributed by atoms with van der Waals surface area (Å²) in [6.07, 6.45) is 1.52. The highest BCUT2D eigenvalue weighted by Crippen LogP contribution is 2.13. The molecule has 0 unspecified atom stereocenters. The monoisotopic (exact) mass is 328 g/mol. The number of nitrogens with zero attached hydrogens (tertiary/aromatic N) is 1. The molecule has 0 aromatic rings. The molecule has 134 valence electrons. The van der Waals surface area contributed by atoms with Gasteiger partial charge in [-0.3, -0.25) is 14.6 Å². The van der Waals surface area contributed by atoms with E-state index in [1.54, 1.807) is 0 Å². The number of piperazine rings is 1. The molecule has 23 heavy (non-hydrogen) atoms. The zero-order chi connectivity index (χ0) is 17.7. The Bertz CT molecular complexity index is 404. The molecule has 8 heteroatoms. The molecule has 0 radical (unpaired) electrons. The van der Waals surface area contributed by atoms with Crippen molar-refractivity contribution < 1.29 is 9.59 Å². The van der Waals surface area contributed by atoms with Gasteiger partial charge in [0.25, 0.3) is 0 Å². The molecule has 2 aliphatic rings. The summed E-state index contributed by atoms with van der Waals surface area (Å²) in [4.78, 5) is 21.6. The molecule has 2 rings (SSSR count). The average molecular weight is 328 g/mol. The summed E-state index contributed by atoms with van der Waals surface area (Å²) in [5.74, 6) is 3.64. The van der Waals surface area contributed by atoms with Gasteiger partial charge in [-0.2, -0.15) is 0 Å². The summed E-state index contributed by atoms with van der Waals surface area (Å²) < 4.78 is 0. The molecule has 2 amide bonds. The molecule has 2 heterocycles. The fourth-order valence-corrected chi connectivity index (χ4v) is 3.07. The van der Waals surface area contributed by atoms with Crippen LogP contribution in [0.25, 0.3) is 0 Å². The van der Waals surface area contributed by atoms with Crippen molar-refractivity contribution in [3.8, 4) is 0 Å². The Balaban J connectivity index is 0.000000238. The summed E-state index contributed by atoms with van der Waals surface area (Å²) in [6, 6.07) is -0.0683. The maximum Gasteiger partial charge on any atom is 0.325 e. The molecule has 7 N–H and O–H groups in total. The van der Waals surface area contributed by atoms with E-state index in [0.29, 0.717) is 0 Å². The van der Waals surface area contributed by atoms with E-state index in [1.165, 1.54) is 0 Å². The normalized spacial score (nSPS) is 23.3. The van der Waals surface area contributed by atoms with E-state index in [9.17, 15) is 9.59 Å². The number of nitrogens with one attached hydrogen (secondary N) is 3. The molecule has 0 atom stereocenters. The lowest BCUT2D eigenvalue weighted by Crippen LogP contribution is -2.65. The van der Waals surface area contributed by atoms with Crippen LogP contribution in [0.15, 0.2) is 0 Å². The van der Waals surface area contributed by atoms with Gasteiger partial charge in [-0.25, -0.2) is 5.84 Å². The fourth-order valence-electron chi connectivity index (χ4n) is 3.07.